The number of piperidine rings is 1. The average molecular weight is 256 g/mol. The molecule has 19 heavy (non-hydrogen) atoms. The molecule has 3 heteroatoms. The Morgan fingerprint density at radius 2 is 2.32 bits per heavy atom. The Morgan fingerprint density at radius 3 is 3.11 bits per heavy atom. The van der Waals surface area contributed by atoms with E-state index in [9.17, 15) is 4.79 Å². The van der Waals surface area contributed by atoms with Gasteiger partial charge in [-0.15, -0.1) is 0 Å². The zero-order valence-electron chi connectivity index (χ0n) is 11.4. The van der Waals surface area contributed by atoms with Gasteiger partial charge < -0.3 is 10.6 Å². The smallest absolute Gasteiger partial charge is 0.225 e. The van der Waals surface area contributed by atoms with E-state index in [4.69, 9.17) is 5.73 Å². The molecule has 1 saturated heterocycles. The van der Waals surface area contributed by atoms with E-state index in [0.717, 1.165) is 30.5 Å². The molecule has 0 saturated carbocycles. The summed E-state index contributed by atoms with van der Waals surface area (Å²) in [6.07, 6.45) is 2.11. The van der Waals surface area contributed by atoms with Gasteiger partial charge in [0, 0.05) is 24.6 Å². The average Bonchev–Trinajstić information content (AvgIpc) is 2.42. The fourth-order valence-electron chi connectivity index (χ4n) is 2.41. The van der Waals surface area contributed by atoms with Crippen LogP contribution in [0.15, 0.2) is 24.3 Å². The number of rotatable bonds is 2. The van der Waals surface area contributed by atoms with Crippen LogP contribution in [-0.4, -0.2) is 23.9 Å². The van der Waals surface area contributed by atoms with Gasteiger partial charge in [-0.25, -0.2) is 0 Å². The van der Waals surface area contributed by atoms with Gasteiger partial charge in [0.05, 0.1) is 6.54 Å². The molecule has 0 spiro atoms. The zero-order chi connectivity index (χ0) is 13.7. The van der Waals surface area contributed by atoms with E-state index in [1.165, 1.54) is 0 Å². The number of benzene rings is 1. The maximum absolute atomic E-state index is 12.1. The minimum Gasteiger partial charge on any atom is -0.338 e. The van der Waals surface area contributed by atoms with Gasteiger partial charge in [0.1, 0.15) is 0 Å². The van der Waals surface area contributed by atoms with Gasteiger partial charge in [-0.1, -0.05) is 30.9 Å². The molecule has 100 valence electrons. The van der Waals surface area contributed by atoms with Crippen molar-refractivity contribution < 1.29 is 4.79 Å². The Morgan fingerprint density at radius 1 is 1.47 bits per heavy atom. The predicted octanol–water partition coefficient (Wildman–Crippen LogP) is 1.76. The summed E-state index contributed by atoms with van der Waals surface area (Å²) in [5.41, 5.74) is 7.46. The van der Waals surface area contributed by atoms with E-state index < -0.39 is 0 Å². The summed E-state index contributed by atoms with van der Waals surface area (Å²) in [4.78, 5) is 14.0. The highest BCUT2D eigenvalue weighted by Crippen LogP contribution is 2.19. The zero-order valence-corrected chi connectivity index (χ0v) is 11.4. The molecule has 1 aromatic rings. The monoisotopic (exact) mass is 256 g/mol. The Bertz CT molecular complexity index is 513. The first kappa shape index (κ1) is 13.6. The number of carbonyl (C=O) groups excluding carboxylic acids is 1. The summed E-state index contributed by atoms with van der Waals surface area (Å²) < 4.78 is 0. The number of nitrogens with zero attached hydrogens (tertiary/aromatic N) is 1. The van der Waals surface area contributed by atoms with Crippen LogP contribution in [0.25, 0.3) is 0 Å². The van der Waals surface area contributed by atoms with E-state index in [0.29, 0.717) is 13.1 Å². The number of nitrogens with two attached hydrogens (primary N) is 1. The molecule has 0 aliphatic carbocycles. The van der Waals surface area contributed by atoms with Crippen LogP contribution in [0.3, 0.4) is 0 Å². The Hall–Kier alpha value is -1.79. The van der Waals surface area contributed by atoms with E-state index in [2.05, 4.69) is 11.8 Å². The van der Waals surface area contributed by atoms with Crippen molar-refractivity contribution in [3.05, 3.63) is 35.4 Å². The summed E-state index contributed by atoms with van der Waals surface area (Å²) in [5, 5.41) is 0. The summed E-state index contributed by atoms with van der Waals surface area (Å²) in [5.74, 6) is 6.30. The van der Waals surface area contributed by atoms with Crippen molar-refractivity contribution in [3.63, 3.8) is 0 Å². The maximum atomic E-state index is 12.1. The van der Waals surface area contributed by atoms with Gasteiger partial charge in [0.15, 0.2) is 0 Å². The van der Waals surface area contributed by atoms with Crippen molar-refractivity contribution in [2.45, 2.75) is 26.3 Å². The molecule has 1 fully saturated rings. The molecule has 2 N–H and O–H groups in total. The fourth-order valence-corrected chi connectivity index (χ4v) is 2.41. The normalized spacial score (nSPS) is 18.9. The Balaban J connectivity index is 2.08. The van der Waals surface area contributed by atoms with Gasteiger partial charge in [-0.2, -0.15) is 0 Å². The largest absolute Gasteiger partial charge is 0.338 e. The van der Waals surface area contributed by atoms with Gasteiger partial charge in [0.2, 0.25) is 5.91 Å². The van der Waals surface area contributed by atoms with Crippen LogP contribution in [0.2, 0.25) is 0 Å². The van der Waals surface area contributed by atoms with Crippen LogP contribution >= 0.6 is 0 Å². The molecule has 1 unspecified atom stereocenters. The molecule has 1 aromatic carbocycles. The van der Waals surface area contributed by atoms with Crippen LogP contribution in [0.4, 0.5) is 0 Å². The summed E-state index contributed by atoms with van der Waals surface area (Å²) >= 11 is 0. The van der Waals surface area contributed by atoms with Crippen LogP contribution in [-0.2, 0) is 11.3 Å². The van der Waals surface area contributed by atoms with Crippen molar-refractivity contribution in [2.75, 3.05) is 13.1 Å². The SMILES string of the molecule is CC1CCCN(Cc2cccc(C#CCN)c2)C1=O. The van der Waals surface area contributed by atoms with Crippen molar-refractivity contribution in [2.24, 2.45) is 11.7 Å². The minimum absolute atomic E-state index is 0.161. The molecule has 1 heterocycles. The number of hydrogen-bond donors (Lipinski definition) is 1. The third-order valence-corrected chi connectivity index (χ3v) is 3.43. The minimum atomic E-state index is 0.161. The van der Waals surface area contributed by atoms with E-state index >= 15 is 0 Å². The lowest BCUT2D eigenvalue weighted by atomic mass is 9.98. The summed E-state index contributed by atoms with van der Waals surface area (Å²) in [6.45, 7) is 3.92. The van der Waals surface area contributed by atoms with Gasteiger partial charge in [0.25, 0.3) is 0 Å². The Kier molecular flexibility index (Phi) is 4.59. The van der Waals surface area contributed by atoms with Gasteiger partial charge in [-0.05, 0) is 30.5 Å². The second kappa shape index (κ2) is 6.40. The summed E-state index contributed by atoms with van der Waals surface area (Å²) in [6, 6.07) is 8.02. The lowest BCUT2D eigenvalue weighted by molar-refractivity contribution is -0.138. The predicted molar refractivity (Wildman–Crippen MR) is 76.2 cm³/mol. The second-order valence-corrected chi connectivity index (χ2v) is 5.01. The molecule has 0 aromatic heterocycles. The van der Waals surface area contributed by atoms with Gasteiger partial charge >= 0.3 is 0 Å². The van der Waals surface area contributed by atoms with Crippen molar-refractivity contribution in [1.29, 1.82) is 0 Å². The number of amides is 1. The third-order valence-electron chi connectivity index (χ3n) is 3.43. The summed E-state index contributed by atoms with van der Waals surface area (Å²) in [7, 11) is 0. The highest BCUT2D eigenvalue weighted by molar-refractivity contribution is 5.79. The lowest BCUT2D eigenvalue weighted by Gasteiger charge is -2.30. The van der Waals surface area contributed by atoms with Crippen LogP contribution in [0.1, 0.15) is 30.9 Å². The molecule has 0 radical (unpaired) electrons. The first-order chi connectivity index (χ1) is 9.20. The second-order valence-electron chi connectivity index (χ2n) is 5.01. The highest BCUT2D eigenvalue weighted by atomic mass is 16.2. The maximum Gasteiger partial charge on any atom is 0.225 e. The van der Waals surface area contributed by atoms with Crippen molar-refractivity contribution >= 4 is 5.91 Å². The molecule has 3 nitrogen and oxygen atoms in total. The molecule has 1 aliphatic heterocycles. The van der Waals surface area contributed by atoms with Crippen molar-refractivity contribution in [3.8, 4) is 11.8 Å². The van der Waals surface area contributed by atoms with Gasteiger partial charge in [-0.3, -0.25) is 4.79 Å². The van der Waals surface area contributed by atoms with E-state index in [-0.39, 0.29) is 11.8 Å². The molecule has 0 bridgehead atoms. The molecule has 1 atom stereocenters. The standard InChI is InChI=1S/C16H20N2O/c1-13-5-4-10-18(16(13)19)12-15-7-2-6-14(11-15)8-3-9-17/h2,6-7,11,13H,4-5,9-10,12,17H2,1H3. The molecule has 1 aliphatic rings. The Labute approximate surface area is 114 Å². The molecule has 2 rings (SSSR count). The highest BCUT2D eigenvalue weighted by Gasteiger charge is 2.24. The van der Waals surface area contributed by atoms with Crippen LogP contribution < -0.4 is 5.73 Å². The van der Waals surface area contributed by atoms with E-state index in [1.807, 2.05) is 36.1 Å². The fraction of sp³-hybridized carbons (Fsp3) is 0.438. The molecule has 1 amide bonds. The first-order valence-corrected chi connectivity index (χ1v) is 6.77. The lowest BCUT2D eigenvalue weighted by Crippen LogP contribution is -2.39. The topological polar surface area (TPSA) is 46.3 Å². The first-order valence-electron chi connectivity index (χ1n) is 6.77. The van der Waals surface area contributed by atoms with Crippen LogP contribution in [0.5, 0.6) is 0 Å². The molecular formula is C16H20N2O. The number of hydrogen-bond acceptors (Lipinski definition) is 2. The quantitative estimate of drug-likeness (QED) is 0.820. The van der Waals surface area contributed by atoms with Crippen molar-refractivity contribution in [1.82, 2.24) is 4.90 Å². The van der Waals surface area contributed by atoms with E-state index in [1.54, 1.807) is 0 Å². The number of carbonyl (C=O) groups is 1. The number of likely N-dealkylation sites (tertiary alicyclic amines) is 1. The third kappa shape index (κ3) is 3.59. The van der Waals surface area contributed by atoms with Crippen LogP contribution in [0, 0.1) is 17.8 Å². The molecular weight excluding hydrogens is 236 g/mol.